The van der Waals surface area contributed by atoms with Crippen LogP contribution in [0.4, 0.5) is 11.4 Å². The van der Waals surface area contributed by atoms with Crippen LogP contribution in [-0.4, -0.2) is 22.9 Å². The van der Waals surface area contributed by atoms with Crippen LogP contribution < -0.4 is 15.4 Å². The van der Waals surface area contributed by atoms with Crippen LogP contribution in [0.25, 0.3) is 11.3 Å². The summed E-state index contributed by atoms with van der Waals surface area (Å²) >= 11 is 1.35. The lowest BCUT2D eigenvalue weighted by molar-refractivity contribution is -0.122. The average molecular weight is 379 g/mol. The van der Waals surface area contributed by atoms with Crippen LogP contribution in [0.3, 0.4) is 0 Å². The van der Waals surface area contributed by atoms with Crippen molar-refractivity contribution in [3.8, 4) is 17.0 Å². The van der Waals surface area contributed by atoms with E-state index in [0.29, 0.717) is 27.7 Å². The first-order valence-electron chi connectivity index (χ1n) is 8.47. The van der Waals surface area contributed by atoms with Crippen molar-refractivity contribution in [3.63, 3.8) is 0 Å². The number of carbonyl (C=O) groups excluding carboxylic acids is 2. The van der Waals surface area contributed by atoms with Crippen LogP contribution in [0.5, 0.6) is 5.75 Å². The fourth-order valence-electron chi connectivity index (χ4n) is 2.85. The van der Waals surface area contributed by atoms with Gasteiger partial charge in [0.1, 0.15) is 10.6 Å². The average Bonchev–Trinajstić information content (AvgIpc) is 3.06. The minimum atomic E-state index is -0.536. The van der Waals surface area contributed by atoms with Gasteiger partial charge < -0.3 is 15.4 Å². The number of nitrogens with zero attached hydrogens (tertiary/aromatic N) is 1. The van der Waals surface area contributed by atoms with Gasteiger partial charge in [-0.1, -0.05) is 30.3 Å². The van der Waals surface area contributed by atoms with Gasteiger partial charge >= 0.3 is 0 Å². The third-order valence-corrected chi connectivity index (χ3v) is 5.13. The van der Waals surface area contributed by atoms with E-state index in [1.807, 2.05) is 37.3 Å². The van der Waals surface area contributed by atoms with Crippen molar-refractivity contribution in [2.24, 2.45) is 0 Å². The van der Waals surface area contributed by atoms with Crippen molar-refractivity contribution < 1.29 is 14.3 Å². The Morgan fingerprint density at radius 2 is 2.00 bits per heavy atom. The number of anilines is 2. The molecule has 2 aromatic carbocycles. The molecule has 2 heterocycles. The van der Waals surface area contributed by atoms with Gasteiger partial charge in [-0.15, -0.1) is 11.3 Å². The highest BCUT2D eigenvalue weighted by molar-refractivity contribution is 7.14. The zero-order chi connectivity index (χ0) is 19.0. The highest BCUT2D eigenvalue weighted by Crippen LogP contribution is 2.33. The number of nitrogens with one attached hydrogen (secondary N) is 2. The highest BCUT2D eigenvalue weighted by atomic mass is 32.1. The number of thiazole rings is 1. The van der Waals surface area contributed by atoms with E-state index >= 15 is 0 Å². The molecule has 4 rings (SSSR count). The molecule has 0 unspecified atom stereocenters. The molecule has 0 fully saturated rings. The smallest absolute Gasteiger partial charge is 0.268 e. The molecular formula is C20H17N3O3S. The van der Waals surface area contributed by atoms with Gasteiger partial charge in [0.25, 0.3) is 11.8 Å². The second-order valence-electron chi connectivity index (χ2n) is 6.19. The second-order valence-corrected chi connectivity index (χ2v) is 7.39. The first-order chi connectivity index (χ1) is 13.0. The van der Waals surface area contributed by atoms with Crippen molar-refractivity contribution in [2.75, 3.05) is 10.6 Å². The Bertz CT molecular complexity index is 1030. The maximum Gasteiger partial charge on any atom is 0.268 e. The minimum absolute atomic E-state index is 0.213. The molecule has 3 aromatic rings. The Balaban J connectivity index is 1.61. The second kappa shape index (κ2) is 6.85. The lowest BCUT2D eigenvalue weighted by Crippen LogP contribution is -2.34. The van der Waals surface area contributed by atoms with Crippen molar-refractivity contribution in [1.29, 1.82) is 0 Å². The number of ether oxygens (including phenoxy) is 1. The lowest BCUT2D eigenvalue weighted by Gasteiger charge is -2.23. The van der Waals surface area contributed by atoms with Gasteiger partial charge in [-0.3, -0.25) is 9.59 Å². The van der Waals surface area contributed by atoms with Gasteiger partial charge in [-0.05, 0) is 32.0 Å². The Hall–Kier alpha value is -3.19. The van der Waals surface area contributed by atoms with E-state index in [4.69, 9.17) is 4.74 Å². The molecule has 0 saturated heterocycles. The summed E-state index contributed by atoms with van der Waals surface area (Å²) < 4.78 is 5.54. The van der Waals surface area contributed by atoms with Gasteiger partial charge in [0.2, 0.25) is 0 Å². The molecule has 0 aliphatic carbocycles. The third kappa shape index (κ3) is 3.41. The molecule has 1 aromatic heterocycles. The molecule has 136 valence electrons. The number of hydrogen-bond acceptors (Lipinski definition) is 5. The molecule has 7 heteroatoms. The summed E-state index contributed by atoms with van der Waals surface area (Å²) in [5.74, 6) is 0.130. The molecule has 2 amide bonds. The van der Waals surface area contributed by atoms with Crippen LogP contribution in [0.15, 0.2) is 48.5 Å². The summed E-state index contributed by atoms with van der Waals surface area (Å²) in [6.07, 6.45) is -0.536. The van der Waals surface area contributed by atoms with E-state index in [9.17, 15) is 9.59 Å². The Morgan fingerprint density at radius 3 is 2.78 bits per heavy atom. The standard InChI is InChI=1S/C20H17N3O3S/c1-11-19(24)23-15-10-14(8-9-16(15)26-11)22-20(25)18-17(21-12(2)27-18)13-6-4-3-5-7-13/h3-11H,1-2H3,(H,22,25)(H,23,24)/t11-/m0/s1. The first kappa shape index (κ1) is 17.2. The summed E-state index contributed by atoms with van der Waals surface area (Å²) in [5, 5.41) is 6.48. The van der Waals surface area contributed by atoms with E-state index in [2.05, 4.69) is 15.6 Å². The highest BCUT2D eigenvalue weighted by Gasteiger charge is 2.24. The monoisotopic (exact) mass is 379 g/mol. The van der Waals surface area contributed by atoms with Crippen LogP contribution >= 0.6 is 11.3 Å². The summed E-state index contributed by atoms with van der Waals surface area (Å²) in [5.41, 5.74) is 2.67. The summed E-state index contributed by atoms with van der Waals surface area (Å²) in [7, 11) is 0. The molecule has 6 nitrogen and oxygen atoms in total. The SMILES string of the molecule is Cc1nc(-c2ccccc2)c(C(=O)Nc2ccc3c(c2)NC(=O)[C@H](C)O3)s1. The Morgan fingerprint density at radius 1 is 1.22 bits per heavy atom. The molecule has 2 N–H and O–H groups in total. The molecular weight excluding hydrogens is 362 g/mol. The van der Waals surface area contributed by atoms with Gasteiger partial charge in [0.15, 0.2) is 6.10 Å². The number of benzene rings is 2. The Labute approximate surface area is 160 Å². The number of aromatic nitrogens is 1. The lowest BCUT2D eigenvalue weighted by atomic mass is 10.1. The molecule has 0 radical (unpaired) electrons. The molecule has 1 aliphatic rings. The topological polar surface area (TPSA) is 80.3 Å². The van der Waals surface area contributed by atoms with Crippen molar-refractivity contribution in [3.05, 3.63) is 58.4 Å². The van der Waals surface area contributed by atoms with E-state index in [1.54, 1.807) is 25.1 Å². The molecule has 27 heavy (non-hydrogen) atoms. The van der Waals surface area contributed by atoms with Gasteiger partial charge in [-0.25, -0.2) is 4.98 Å². The van der Waals surface area contributed by atoms with Crippen molar-refractivity contribution >= 4 is 34.5 Å². The van der Waals surface area contributed by atoms with Gasteiger partial charge in [0, 0.05) is 11.3 Å². The summed E-state index contributed by atoms with van der Waals surface area (Å²) in [6, 6.07) is 14.8. The quantitative estimate of drug-likeness (QED) is 0.718. The van der Waals surface area contributed by atoms with Crippen LogP contribution in [0.1, 0.15) is 21.6 Å². The van der Waals surface area contributed by atoms with E-state index in [1.165, 1.54) is 11.3 Å². The molecule has 1 atom stereocenters. The fourth-order valence-corrected chi connectivity index (χ4v) is 3.68. The van der Waals surface area contributed by atoms with E-state index in [-0.39, 0.29) is 11.8 Å². The maximum absolute atomic E-state index is 12.8. The number of amides is 2. The summed E-state index contributed by atoms with van der Waals surface area (Å²) in [6.45, 7) is 3.56. The molecule has 0 bridgehead atoms. The zero-order valence-corrected chi connectivity index (χ0v) is 15.6. The molecule has 0 spiro atoms. The predicted molar refractivity (Wildman–Crippen MR) is 105 cm³/mol. The molecule has 1 aliphatic heterocycles. The fraction of sp³-hybridized carbons (Fsp3) is 0.150. The predicted octanol–water partition coefficient (Wildman–Crippen LogP) is 4.09. The summed E-state index contributed by atoms with van der Waals surface area (Å²) in [4.78, 5) is 29.7. The maximum atomic E-state index is 12.8. The molecule has 0 saturated carbocycles. The van der Waals surface area contributed by atoms with Crippen LogP contribution in [-0.2, 0) is 4.79 Å². The van der Waals surface area contributed by atoms with Gasteiger partial charge in [0.05, 0.1) is 16.4 Å². The van der Waals surface area contributed by atoms with Gasteiger partial charge in [-0.2, -0.15) is 0 Å². The number of aryl methyl sites for hydroxylation is 1. The van der Waals surface area contributed by atoms with Crippen molar-refractivity contribution in [1.82, 2.24) is 4.98 Å². The normalized spacial score (nSPS) is 15.5. The number of fused-ring (bicyclic) bond motifs is 1. The largest absolute Gasteiger partial charge is 0.479 e. The van der Waals surface area contributed by atoms with Crippen LogP contribution in [0, 0.1) is 6.92 Å². The number of carbonyl (C=O) groups is 2. The van der Waals surface area contributed by atoms with Crippen LogP contribution in [0.2, 0.25) is 0 Å². The third-order valence-electron chi connectivity index (χ3n) is 4.16. The van der Waals surface area contributed by atoms with Crippen molar-refractivity contribution in [2.45, 2.75) is 20.0 Å². The number of hydrogen-bond donors (Lipinski definition) is 2. The van der Waals surface area contributed by atoms with E-state index < -0.39 is 6.10 Å². The number of rotatable bonds is 3. The minimum Gasteiger partial charge on any atom is -0.479 e. The Kier molecular flexibility index (Phi) is 4.37. The first-order valence-corrected chi connectivity index (χ1v) is 9.28. The zero-order valence-electron chi connectivity index (χ0n) is 14.8. The van der Waals surface area contributed by atoms with E-state index in [0.717, 1.165) is 10.6 Å².